The van der Waals surface area contributed by atoms with E-state index in [9.17, 15) is 9.90 Å². The van der Waals surface area contributed by atoms with Crippen molar-refractivity contribution in [3.8, 4) is 0 Å². The van der Waals surface area contributed by atoms with Gasteiger partial charge in [0.1, 0.15) is 0 Å². The van der Waals surface area contributed by atoms with Crippen LogP contribution < -0.4 is 0 Å². The molecule has 1 aromatic carbocycles. The van der Waals surface area contributed by atoms with Gasteiger partial charge in [-0.05, 0) is 37.0 Å². The molecule has 0 aliphatic carbocycles. The zero-order chi connectivity index (χ0) is 15.6. The van der Waals surface area contributed by atoms with Crippen molar-refractivity contribution in [1.29, 1.82) is 0 Å². The van der Waals surface area contributed by atoms with Crippen LogP contribution in [0.5, 0.6) is 0 Å². The van der Waals surface area contributed by atoms with Gasteiger partial charge < -0.3 is 10.0 Å². The topological polar surface area (TPSA) is 40.5 Å². The molecule has 1 N–H and O–H groups in total. The Morgan fingerprint density at radius 2 is 2.14 bits per heavy atom. The Balaban J connectivity index is 1.78. The first kappa shape index (κ1) is 15.9. The van der Waals surface area contributed by atoms with E-state index >= 15 is 0 Å². The molecule has 0 saturated carbocycles. The molecule has 1 aromatic rings. The number of carbonyl (C=O) groups is 1. The first-order chi connectivity index (χ1) is 10.7. The monoisotopic (exact) mass is 319 g/mol. The van der Waals surface area contributed by atoms with Gasteiger partial charge in [0.2, 0.25) is 5.91 Å². The highest BCUT2D eigenvalue weighted by atomic mass is 32.2. The summed E-state index contributed by atoms with van der Waals surface area (Å²) in [5.74, 6) is 1.82. The maximum Gasteiger partial charge on any atom is 0.233 e. The summed E-state index contributed by atoms with van der Waals surface area (Å²) < 4.78 is 0. The molecule has 120 valence electrons. The highest BCUT2D eigenvalue weighted by molar-refractivity contribution is 7.99. The van der Waals surface area contributed by atoms with Gasteiger partial charge >= 0.3 is 0 Å². The number of hydrogen-bond donors (Lipinski definition) is 1. The van der Waals surface area contributed by atoms with Gasteiger partial charge in [-0.15, -0.1) is 0 Å². The largest absolute Gasteiger partial charge is 0.396 e. The Morgan fingerprint density at radius 3 is 2.82 bits per heavy atom. The number of amides is 1. The first-order valence-electron chi connectivity index (χ1n) is 8.24. The third-order valence-corrected chi connectivity index (χ3v) is 6.14. The molecule has 2 aliphatic rings. The molecule has 0 unspecified atom stereocenters. The molecule has 3 rings (SSSR count). The van der Waals surface area contributed by atoms with Crippen LogP contribution in [0.15, 0.2) is 30.3 Å². The number of thioether (sulfide) groups is 1. The second-order valence-corrected chi connectivity index (χ2v) is 7.85. The lowest BCUT2D eigenvalue weighted by molar-refractivity contribution is -0.130. The predicted octanol–water partition coefficient (Wildman–Crippen LogP) is 2.72. The van der Waals surface area contributed by atoms with E-state index in [1.54, 1.807) is 11.8 Å². The lowest BCUT2D eigenvalue weighted by Gasteiger charge is -2.36. The third kappa shape index (κ3) is 2.79. The van der Waals surface area contributed by atoms with Crippen molar-refractivity contribution < 1.29 is 9.90 Å². The molecule has 0 spiro atoms. The van der Waals surface area contributed by atoms with Crippen molar-refractivity contribution in [2.45, 2.75) is 44.7 Å². The maximum atomic E-state index is 12.5. The van der Waals surface area contributed by atoms with Crippen LogP contribution in [-0.2, 0) is 11.2 Å². The minimum absolute atomic E-state index is 0.142. The predicted molar refractivity (Wildman–Crippen MR) is 90.9 cm³/mol. The second-order valence-electron chi connectivity index (χ2n) is 6.57. The molecular weight excluding hydrogens is 294 g/mol. The van der Waals surface area contributed by atoms with Gasteiger partial charge in [-0.1, -0.05) is 37.3 Å². The molecule has 2 saturated heterocycles. The lowest BCUT2D eigenvalue weighted by atomic mass is 9.70. The van der Waals surface area contributed by atoms with Crippen molar-refractivity contribution in [2.24, 2.45) is 5.41 Å². The zero-order valence-electron chi connectivity index (χ0n) is 13.2. The van der Waals surface area contributed by atoms with Gasteiger partial charge in [-0.3, -0.25) is 4.79 Å². The van der Waals surface area contributed by atoms with E-state index in [2.05, 4.69) is 36.1 Å². The van der Waals surface area contributed by atoms with Crippen molar-refractivity contribution in [2.75, 3.05) is 18.1 Å². The van der Waals surface area contributed by atoms with Crippen LogP contribution in [-0.4, -0.2) is 46.1 Å². The number of hydrogen-bond acceptors (Lipinski definition) is 3. The normalized spacial score (nSPS) is 30.0. The summed E-state index contributed by atoms with van der Waals surface area (Å²) in [6.07, 6.45) is 3.96. The maximum absolute atomic E-state index is 12.5. The molecule has 3 atom stereocenters. The Hall–Kier alpha value is -1.00. The molecular formula is C18H25NO2S. The van der Waals surface area contributed by atoms with Crippen molar-refractivity contribution in [1.82, 2.24) is 4.90 Å². The van der Waals surface area contributed by atoms with Crippen LogP contribution in [0.1, 0.15) is 31.7 Å². The van der Waals surface area contributed by atoms with E-state index in [4.69, 9.17) is 0 Å². The summed E-state index contributed by atoms with van der Waals surface area (Å²) in [6.45, 7) is 2.26. The molecule has 22 heavy (non-hydrogen) atoms. The molecule has 3 nitrogen and oxygen atoms in total. The summed E-state index contributed by atoms with van der Waals surface area (Å²) in [5, 5.41) is 10.1. The average Bonchev–Trinajstić information content (AvgIpc) is 3.09. The van der Waals surface area contributed by atoms with Gasteiger partial charge in [0, 0.05) is 17.5 Å². The fourth-order valence-corrected chi connectivity index (χ4v) is 4.88. The Morgan fingerprint density at radius 1 is 1.36 bits per heavy atom. The minimum atomic E-state index is -0.142. The highest BCUT2D eigenvalue weighted by Gasteiger charge is 2.56. The standard InChI is InChI=1S/C18H25NO2S/c1-2-22-12-17(21)19-15-8-9-16(19)18(11-15,13-20)10-14-6-4-3-5-7-14/h3-7,15-16,20H,2,8-13H2,1H3/t15-,16+,18-/m0/s1. The van der Waals surface area contributed by atoms with Crippen LogP contribution in [0.3, 0.4) is 0 Å². The number of carbonyl (C=O) groups excluding carboxylic acids is 1. The highest BCUT2D eigenvalue weighted by Crippen LogP contribution is 2.51. The van der Waals surface area contributed by atoms with Crippen LogP contribution in [0.25, 0.3) is 0 Å². The fourth-order valence-electron chi connectivity index (χ4n) is 4.35. The van der Waals surface area contributed by atoms with Gasteiger partial charge in [-0.2, -0.15) is 11.8 Å². The summed E-state index contributed by atoms with van der Waals surface area (Å²) in [7, 11) is 0. The molecule has 4 heteroatoms. The van der Waals surface area contributed by atoms with Crippen LogP contribution in [0.4, 0.5) is 0 Å². The van der Waals surface area contributed by atoms with Crippen LogP contribution in [0, 0.1) is 5.41 Å². The Bertz CT molecular complexity index is 521. The zero-order valence-corrected chi connectivity index (χ0v) is 14.0. The van der Waals surface area contributed by atoms with Crippen molar-refractivity contribution in [3.63, 3.8) is 0 Å². The Kier molecular flexibility index (Phi) is 4.79. The fraction of sp³-hybridized carbons (Fsp3) is 0.611. The van der Waals surface area contributed by atoms with Gasteiger partial charge in [0.05, 0.1) is 12.4 Å². The van der Waals surface area contributed by atoms with Gasteiger partial charge in [0.25, 0.3) is 0 Å². The molecule has 2 aliphatic heterocycles. The number of fused-ring (bicyclic) bond motifs is 2. The number of benzene rings is 1. The molecule has 2 bridgehead atoms. The summed E-state index contributed by atoms with van der Waals surface area (Å²) >= 11 is 1.69. The lowest BCUT2D eigenvalue weighted by Crippen LogP contribution is -2.44. The minimum Gasteiger partial charge on any atom is -0.396 e. The summed E-state index contributed by atoms with van der Waals surface area (Å²) in [6, 6.07) is 10.9. The van der Waals surface area contributed by atoms with E-state index in [1.807, 2.05) is 6.07 Å². The summed E-state index contributed by atoms with van der Waals surface area (Å²) in [5.41, 5.74) is 1.12. The van der Waals surface area contributed by atoms with E-state index in [0.29, 0.717) is 11.8 Å². The molecule has 2 heterocycles. The van der Waals surface area contributed by atoms with Crippen molar-refractivity contribution in [3.05, 3.63) is 35.9 Å². The van der Waals surface area contributed by atoms with Gasteiger partial charge in [0.15, 0.2) is 0 Å². The third-order valence-electron chi connectivity index (χ3n) is 5.28. The number of rotatable bonds is 6. The smallest absolute Gasteiger partial charge is 0.233 e. The SMILES string of the molecule is CCSCC(=O)N1[C@H]2CC[C@@H]1[C@@](CO)(Cc1ccccc1)C2. The van der Waals surface area contributed by atoms with Crippen LogP contribution in [0.2, 0.25) is 0 Å². The number of aliphatic hydroxyl groups excluding tert-OH is 1. The van der Waals surface area contributed by atoms with E-state index in [1.165, 1.54) is 5.56 Å². The molecule has 1 amide bonds. The molecule has 0 aromatic heterocycles. The van der Waals surface area contributed by atoms with Gasteiger partial charge in [-0.25, -0.2) is 0 Å². The number of nitrogens with zero attached hydrogens (tertiary/aromatic N) is 1. The molecule has 2 fully saturated rings. The second kappa shape index (κ2) is 6.63. The van der Waals surface area contributed by atoms with E-state index in [0.717, 1.165) is 31.4 Å². The Labute approximate surface area is 137 Å². The number of aliphatic hydroxyl groups is 1. The first-order valence-corrected chi connectivity index (χ1v) is 9.39. The quantitative estimate of drug-likeness (QED) is 0.876. The van der Waals surface area contributed by atoms with E-state index in [-0.39, 0.29) is 24.0 Å². The van der Waals surface area contributed by atoms with E-state index < -0.39 is 0 Å². The average molecular weight is 319 g/mol. The van der Waals surface area contributed by atoms with Crippen molar-refractivity contribution >= 4 is 17.7 Å². The summed E-state index contributed by atoms with van der Waals surface area (Å²) in [4.78, 5) is 14.7. The van der Waals surface area contributed by atoms with Crippen LogP contribution >= 0.6 is 11.8 Å². The molecule has 0 radical (unpaired) electrons.